The Bertz CT molecular complexity index is 806. The molecule has 1 heterocycles. The summed E-state index contributed by atoms with van der Waals surface area (Å²) in [6.45, 7) is 5.45. The van der Waals surface area contributed by atoms with E-state index in [0.29, 0.717) is 13.0 Å². The largest absolute Gasteiger partial charge is 0.332 e. The fraction of sp³-hybridized carbons (Fsp3) is 0.300. The molecule has 1 aliphatic heterocycles. The maximum atomic E-state index is 12.1. The van der Waals surface area contributed by atoms with Crippen LogP contribution in [0.2, 0.25) is 0 Å². The first-order valence-electron chi connectivity index (χ1n) is 8.58. The number of hydrogen-bond acceptors (Lipinski definition) is 4. The number of benzene rings is 2. The third-order valence-electron chi connectivity index (χ3n) is 4.31. The number of nitrogens with one attached hydrogen (secondary N) is 1. The zero-order valence-electron chi connectivity index (χ0n) is 15.0. The second-order valence-corrected chi connectivity index (χ2v) is 8.47. The lowest BCUT2D eigenvalue weighted by Crippen LogP contribution is -2.27. The second kappa shape index (κ2) is 8.64. The van der Waals surface area contributed by atoms with Gasteiger partial charge in [-0.2, -0.15) is 0 Å². The summed E-state index contributed by atoms with van der Waals surface area (Å²) in [6, 6.07) is 14.3. The number of carbonyl (C=O) groups excluding carboxylic acids is 2. The molecule has 0 atom stereocenters. The fourth-order valence-corrected chi connectivity index (χ4v) is 4.38. The lowest BCUT2D eigenvalue weighted by Gasteiger charge is -2.14. The zero-order chi connectivity index (χ0) is 18.5. The van der Waals surface area contributed by atoms with E-state index in [0.717, 1.165) is 22.9 Å². The van der Waals surface area contributed by atoms with Crippen molar-refractivity contribution in [3.8, 4) is 0 Å². The molecule has 0 spiro atoms. The Balaban J connectivity index is 1.51. The summed E-state index contributed by atoms with van der Waals surface area (Å²) in [4.78, 5) is 27.7. The molecule has 0 bridgehead atoms. The van der Waals surface area contributed by atoms with Gasteiger partial charge >= 0.3 is 0 Å². The highest BCUT2D eigenvalue weighted by Gasteiger charge is 2.21. The maximum Gasteiger partial charge on any atom is 0.281 e. The van der Waals surface area contributed by atoms with Crippen molar-refractivity contribution >= 4 is 40.4 Å². The van der Waals surface area contributed by atoms with E-state index in [1.165, 1.54) is 27.8 Å². The number of amides is 2. The van der Waals surface area contributed by atoms with E-state index >= 15 is 0 Å². The van der Waals surface area contributed by atoms with Crippen molar-refractivity contribution < 1.29 is 9.59 Å². The number of carbonyl (C=O) groups is 2. The average molecular weight is 387 g/mol. The third kappa shape index (κ3) is 5.05. The van der Waals surface area contributed by atoms with Crippen LogP contribution in [0.1, 0.15) is 17.5 Å². The highest BCUT2D eigenvalue weighted by atomic mass is 32.2. The van der Waals surface area contributed by atoms with Crippen LogP contribution in [0.15, 0.2) is 52.3 Å². The second-order valence-electron chi connectivity index (χ2n) is 6.27. The molecule has 136 valence electrons. The molecule has 1 aliphatic rings. The Morgan fingerprint density at radius 1 is 1.12 bits per heavy atom. The highest BCUT2D eigenvalue weighted by Crippen LogP contribution is 2.29. The summed E-state index contributed by atoms with van der Waals surface area (Å²) < 4.78 is 0. The Labute approximate surface area is 162 Å². The molecule has 2 amide bonds. The van der Waals surface area contributed by atoms with Crippen LogP contribution >= 0.6 is 23.5 Å². The fourth-order valence-electron chi connectivity index (χ4n) is 2.61. The lowest BCUT2D eigenvalue weighted by atomic mass is 10.1. The van der Waals surface area contributed by atoms with Crippen molar-refractivity contribution in [1.82, 2.24) is 4.90 Å². The molecule has 1 fully saturated rings. The minimum absolute atomic E-state index is 0.0655. The van der Waals surface area contributed by atoms with Crippen LogP contribution < -0.4 is 5.32 Å². The van der Waals surface area contributed by atoms with Gasteiger partial charge in [0.25, 0.3) is 5.24 Å². The van der Waals surface area contributed by atoms with E-state index in [9.17, 15) is 9.59 Å². The summed E-state index contributed by atoms with van der Waals surface area (Å²) in [5, 5.41) is 2.97. The molecule has 0 aliphatic carbocycles. The Kier molecular flexibility index (Phi) is 6.27. The number of nitrogens with zero attached hydrogens (tertiary/aromatic N) is 1. The van der Waals surface area contributed by atoms with Gasteiger partial charge in [0.15, 0.2) is 0 Å². The molecule has 0 radical (unpaired) electrons. The normalized spacial score (nSPS) is 13.9. The Hall–Kier alpha value is -1.92. The Morgan fingerprint density at radius 2 is 1.85 bits per heavy atom. The molecule has 1 N–H and O–H groups in total. The van der Waals surface area contributed by atoms with Gasteiger partial charge in [-0.15, -0.1) is 0 Å². The predicted molar refractivity (Wildman–Crippen MR) is 109 cm³/mol. The monoisotopic (exact) mass is 386 g/mol. The van der Waals surface area contributed by atoms with Crippen molar-refractivity contribution in [2.75, 3.05) is 24.2 Å². The smallest absolute Gasteiger partial charge is 0.281 e. The van der Waals surface area contributed by atoms with Gasteiger partial charge in [-0.05, 0) is 61.4 Å². The molecule has 3 rings (SSSR count). The molecular weight excluding hydrogens is 364 g/mol. The number of thioether (sulfide) groups is 1. The van der Waals surface area contributed by atoms with Gasteiger partial charge < -0.3 is 10.2 Å². The van der Waals surface area contributed by atoms with Crippen LogP contribution in [-0.4, -0.2) is 34.9 Å². The number of anilines is 1. The average Bonchev–Trinajstić information content (AvgIpc) is 3.03. The van der Waals surface area contributed by atoms with E-state index < -0.39 is 0 Å². The number of hydrogen-bond donors (Lipinski definition) is 1. The van der Waals surface area contributed by atoms with Crippen molar-refractivity contribution in [1.29, 1.82) is 0 Å². The van der Waals surface area contributed by atoms with Crippen LogP contribution in [-0.2, 0) is 4.79 Å². The summed E-state index contributed by atoms with van der Waals surface area (Å²) in [5.74, 6) is 0.754. The molecule has 26 heavy (non-hydrogen) atoms. The van der Waals surface area contributed by atoms with Gasteiger partial charge in [-0.3, -0.25) is 9.59 Å². The molecule has 0 saturated carbocycles. The molecule has 6 heteroatoms. The maximum absolute atomic E-state index is 12.1. The zero-order valence-corrected chi connectivity index (χ0v) is 16.6. The van der Waals surface area contributed by atoms with Crippen molar-refractivity contribution in [3.05, 3.63) is 53.6 Å². The molecule has 0 unspecified atom stereocenters. The Morgan fingerprint density at radius 3 is 2.50 bits per heavy atom. The van der Waals surface area contributed by atoms with Crippen molar-refractivity contribution in [3.63, 3.8) is 0 Å². The van der Waals surface area contributed by atoms with Crippen LogP contribution in [0.4, 0.5) is 10.5 Å². The molecule has 1 saturated heterocycles. The molecular formula is C20H22N2O2S2. The van der Waals surface area contributed by atoms with Gasteiger partial charge in [0.1, 0.15) is 0 Å². The minimum atomic E-state index is -0.0655. The first-order chi connectivity index (χ1) is 12.5. The summed E-state index contributed by atoms with van der Waals surface area (Å²) in [7, 11) is 0. The molecule has 2 aromatic carbocycles. The minimum Gasteiger partial charge on any atom is -0.332 e. The molecule has 2 aromatic rings. The predicted octanol–water partition coefficient (Wildman–Crippen LogP) is 4.95. The number of rotatable bonds is 6. The van der Waals surface area contributed by atoms with Crippen LogP contribution in [0.25, 0.3) is 0 Å². The van der Waals surface area contributed by atoms with Crippen LogP contribution in [0.5, 0.6) is 0 Å². The van der Waals surface area contributed by atoms with Crippen molar-refractivity contribution in [2.45, 2.75) is 30.1 Å². The van der Waals surface area contributed by atoms with Crippen LogP contribution in [0.3, 0.4) is 0 Å². The highest BCUT2D eigenvalue weighted by molar-refractivity contribution is 8.13. The topological polar surface area (TPSA) is 49.4 Å². The van der Waals surface area contributed by atoms with Gasteiger partial charge in [0.2, 0.25) is 5.91 Å². The summed E-state index contributed by atoms with van der Waals surface area (Å²) in [6.07, 6.45) is 0.325. The third-order valence-corrected chi connectivity index (χ3v) is 6.20. The first kappa shape index (κ1) is 18.9. The quantitative estimate of drug-likeness (QED) is 0.763. The van der Waals surface area contributed by atoms with Gasteiger partial charge in [0, 0.05) is 40.7 Å². The summed E-state index contributed by atoms with van der Waals surface area (Å²) in [5.41, 5.74) is 3.36. The van der Waals surface area contributed by atoms with Gasteiger partial charge in [-0.25, -0.2) is 0 Å². The van der Waals surface area contributed by atoms with E-state index in [1.54, 1.807) is 16.7 Å². The van der Waals surface area contributed by atoms with E-state index in [4.69, 9.17) is 0 Å². The number of aryl methyl sites for hydroxylation is 2. The first-order valence-corrected chi connectivity index (χ1v) is 10.4. The van der Waals surface area contributed by atoms with Gasteiger partial charge in [0.05, 0.1) is 0 Å². The SMILES string of the molecule is Cc1ccc(Sc2ccc(NC(=O)CCN3CCSC3=O)cc2)cc1C. The van der Waals surface area contributed by atoms with Crippen LogP contribution in [0, 0.1) is 13.8 Å². The standard InChI is InChI=1S/C20H22N2O2S2/c1-14-3-6-18(13-15(14)2)26-17-7-4-16(5-8-17)21-19(23)9-10-22-11-12-25-20(22)24/h3-8,13H,9-12H2,1-2H3,(H,21,23). The summed E-state index contributed by atoms with van der Waals surface area (Å²) >= 11 is 3.02. The molecule has 4 nitrogen and oxygen atoms in total. The van der Waals surface area contributed by atoms with E-state index in [2.05, 4.69) is 37.4 Å². The van der Waals surface area contributed by atoms with E-state index in [-0.39, 0.29) is 11.1 Å². The van der Waals surface area contributed by atoms with Crippen molar-refractivity contribution in [2.24, 2.45) is 0 Å². The van der Waals surface area contributed by atoms with E-state index in [1.807, 2.05) is 24.3 Å². The molecule has 0 aromatic heterocycles. The van der Waals surface area contributed by atoms with Gasteiger partial charge in [-0.1, -0.05) is 29.6 Å². The lowest BCUT2D eigenvalue weighted by molar-refractivity contribution is -0.116.